The molecule has 0 saturated heterocycles. The summed E-state index contributed by atoms with van der Waals surface area (Å²) >= 11 is 1.40. The minimum atomic E-state index is -0.378. The molecule has 0 radical (unpaired) electrons. The van der Waals surface area contributed by atoms with E-state index in [4.69, 9.17) is 0 Å². The van der Waals surface area contributed by atoms with Crippen LogP contribution in [-0.4, -0.2) is 20.4 Å². The van der Waals surface area contributed by atoms with Crippen molar-refractivity contribution in [2.24, 2.45) is 12.0 Å². The maximum atomic E-state index is 12.0. The van der Waals surface area contributed by atoms with E-state index in [2.05, 4.69) is 15.0 Å². The second-order valence-corrected chi connectivity index (χ2v) is 4.83. The third-order valence-electron chi connectivity index (χ3n) is 2.62. The van der Waals surface area contributed by atoms with Gasteiger partial charge in [-0.25, -0.2) is 4.98 Å². The monoisotopic (exact) mass is 270 g/mol. The van der Waals surface area contributed by atoms with Gasteiger partial charge in [0.25, 0.3) is 5.91 Å². The highest BCUT2D eigenvalue weighted by Gasteiger charge is 2.08. The predicted octanol–water partition coefficient (Wildman–Crippen LogP) is 1.77. The standard InChI is InChI=1S/C13H10N4OS/c1-17-6-7-19-13(17)16-12(18)11-8-14-9-4-2-3-5-10(9)15-11/h2-8H,1H3. The normalized spacial score (nSPS) is 11.9. The van der Waals surface area contributed by atoms with Gasteiger partial charge in [0.1, 0.15) is 5.69 Å². The zero-order chi connectivity index (χ0) is 13.2. The smallest absolute Gasteiger partial charge is 0.299 e. The first kappa shape index (κ1) is 11.7. The Kier molecular flexibility index (Phi) is 2.92. The zero-order valence-corrected chi connectivity index (χ0v) is 11.0. The molecule has 1 aromatic carbocycles. The van der Waals surface area contributed by atoms with Gasteiger partial charge in [-0.15, -0.1) is 11.3 Å². The molecule has 0 unspecified atom stereocenters. The van der Waals surface area contributed by atoms with Crippen LogP contribution < -0.4 is 4.80 Å². The average Bonchev–Trinajstić information content (AvgIpc) is 2.84. The summed E-state index contributed by atoms with van der Waals surface area (Å²) in [5, 5.41) is 1.87. The van der Waals surface area contributed by atoms with Crippen LogP contribution >= 0.6 is 11.3 Å². The lowest BCUT2D eigenvalue weighted by Gasteiger charge is -1.98. The van der Waals surface area contributed by atoms with E-state index in [-0.39, 0.29) is 11.6 Å². The number of fused-ring (bicyclic) bond motifs is 1. The van der Waals surface area contributed by atoms with Crippen molar-refractivity contribution < 1.29 is 4.79 Å². The lowest BCUT2D eigenvalue weighted by atomic mass is 10.3. The second kappa shape index (κ2) is 4.74. The van der Waals surface area contributed by atoms with E-state index in [1.807, 2.05) is 42.9 Å². The van der Waals surface area contributed by atoms with Crippen LogP contribution in [0.4, 0.5) is 0 Å². The molecule has 0 saturated carbocycles. The summed E-state index contributed by atoms with van der Waals surface area (Å²) in [6, 6.07) is 7.42. The fourth-order valence-corrected chi connectivity index (χ4v) is 2.37. The van der Waals surface area contributed by atoms with E-state index in [1.165, 1.54) is 17.5 Å². The first-order valence-electron chi connectivity index (χ1n) is 5.65. The summed E-state index contributed by atoms with van der Waals surface area (Å²) < 4.78 is 1.79. The van der Waals surface area contributed by atoms with Gasteiger partial charge in [-0.3, -0.25) is 9.78 Å². The van der Waals surface area contributed by atoms with E-state index in [9.17, 15) is 4.79 Å². The Labute approximate surface area is 112 Å². The maximum Gasteiger partial charge on any atom is 0.299 e. The summed E-state index contributed by atoms with van der Waals surface area (Å²) in [4.78, 5) is 25.2. The molecule has 0 fully saturated rings. The van der Waals surface area contributed by atoms with Crippen molar-refractivity contribution in [2.45, 2.75) is 0 Å². The fraction of sp³-hybridized carbons (Fsp3) is 0.0769. The zero-order valence-electron chi connectivity index (χ0n) is 10.1. The molecule has 0 bridgehead atoms. The van der Waals surface area contributed by atoms with E-state index in [1.54, 1.807) is 4.57 Å². The molecule has 0 N–H and O–H groups in total. The van der Waals surface area contributed by atoms with Crippen molar-refractivity contribution in [1.29, 1.82) is 0 Å². The Hall–Kier alpha value is -2.34. The molecule has 0 aliphatic heterocycles. The van der Waals surface area contributed by atoms with Crippen molar-refractivity contribution >= 4 is 28.3 Å². The summed E-state index contributed by atoms with van der Waals surface area (Å²) in [7, 11) is 1.84. The molecule has 5 nitrogen and oxygen atoms in total. The molecular formula is C13H10N4OS. The Morgan fingerprint density at radius 2 is 2.11 bits per heavy atom. The largest absolute Gasteiger partial charge is 0.327 e. The summed E-state index contributed by atoms with van der Waals surface area (Å²) in [6.45, 7) is 0. The number of carbonyl (C=O) groups excluding carboxylic acids is 1. The van der Waals surface area contributed by atoms with Crippen LogP contribution in [0.3, 0.4) is 0 Å². The number of thiazole rings is 1. The molecule has 0 aliphatic rings. The number of hydrogen-bond donors (Lipinski definition) is 0. The van der Waals surface area contributed by atoms with Gasteiger partial charge in [0.05, 0.1) is 17.2 Å². The van der Waals surface area contributed by atoms with Crippen molar-refractivity contribution in [1.82, 2.24) is 14.5 Å². The van der Waals surface area contributed by atoms with E-state index >= 15 is 0 Å². The van der Waals surface area contributed by atoms with Crippen LogP contribution in [0.2, 0.25) is 0 Å². The summed E-state index contributed by atoms with van der Waals surface area (Å²) in [5.41, 5.74) is 1.71. The molecule has 94 valence electrons. The third kappa shape index (κ3) is 2.30. The highest BCUT2D eigenvalue weighted by molar-refractivity contribution is 7.07. The Bertz CT molecular complexity index is 818. The minimum Gasteiger partial charge on any atom is -0.327 e. The number of aromatic nitrogens is 3. The van der Waals surface area contributed by atoms with Crippen LogP contribution in [0.1, 0.15) is 10.5 Å². The molecule has 2 aromatic heterocycles. The first-order valence-corrected chi connectivity index (χ1v) is 6.53. The predicted molar refractivity (Wildman–Crippen MR) is 72.7 cm³/mol. The van der Waals surface area contributed by atoms with Gasteiger partial charge in [0.2, 0.25) is 0 Å². The number of nitrogens with zero attached hydrogens (tertiary/aromatic N) is 4. The highest BCUT2D eigenvalue weighted by Crippen LogP contribution is 2.08. The number of para-hydroxylation sites is 2. The van der Waals surface area contributed by atoms with Gasteiger partial charge < -0.3 is 4.57 Å². The third-order valence-corrected chi connectivity index (χ3v) is 3.47. The molecule has 19 heavy (non-hydrogen) atoms. The Morgan fingerprint density at radius 1 is 1.32 bits per heavy atom. The van der Waals surface area contributed by atoms with E-state index in [0.29, 0.717) is 10.3 Å². The van der Waals surface area contributed by atoms with Crippen LogP contribution in [0.5, 0.6) is 0 Å². The van der Waals surface area contributed by atoms with Gasteiger partial charge >= 0.3 is 0 Å². The van der Waals surface area contributed by atoms with Gasteiger partial charge in [0, 0.05) is 18.6 Å². The minimum absolute atomic E-state index is 0.257. The SMILES string of the molecule is Cn1ccsc1=NC(=O)c1cnc2ccccc2n1. The molecule has 0 aliphatic carbocycles. The van der Waals surface area contributed by atoms with Crippen molar-refractivity contribution in [3.05, 3.63) is 52.5 Å². The number of amides is 1. The van der Waals surface area contributed by atoms with Crippen molar-refractivity contribution in [3.63, 3.8) is 0 Å². The molecule has 0 spiro atoms. The summed E-state index contributed by atoms with van der Waals surface area (Å²) in [5.74, 6) is -0.378. The molecule has 6 heteroatoms. The Morgan fingerprint density at radius 3 is 2.84 bits per heavy atom. The van der Waals surface area contributed by atoms with Crippen molar-refractivity contribution in [3.8, 4) is 0 Å². The van der Waals surface area contributed by atoms with E-state index < -0.39 is 0 Å². The number of hydrogen-bond acceptors (Lipinski definition) is 4. The lowest BCUT2D eigenvalue weighted by Crippen LogP contribution is -2.13. The molecule has 3 aromatic rings. The summed E-state index contributed by atoms with van der Waals surface area (Å²) in [6.07, 6.45) is 3.31. The molecule has 0 atom stereocenters. The van der Waals surface area contributed by atoms with Crippen LogP contribution in [0.15, 0.2) is 47.0 Å². The van der Waals surface area contributed by atoms with Crippen LogP contribution in [0.25, 0.3) is 11.0 Å². The number of aryl methyl sites for hydroxylation is 1. The molecule has 3 rings (SSSR count). The van der Waals surface area contributed by atoms with Crippen LogP contribution in [-0.2, 0) is 7.05 Å². The average molecular weight is 270 g/mol. The number of carbonyl (C=O) groups is 1. The second-order valence-electron chi connectivity index (χ2n) is 3.96. The molecule has 2 heterocycles. The Balaban J connectivity index is 2.05. The topological polar surface area (TPSA) is 60.1 Å². The lowest BCUT2D eigenvalue weighted by molar-refractivity contribution is 0.0993. The van der Waals surface area contributed by atoms with Gasteiger partial charge in [-0.05, 0) is 12.1 Å². The van der Waals surface area contributed by atoms with Crippen molar-refractivity contribution in [2.75, 3.05) is 0 Å². The number of rotatable bonds is 1. The molecule has 1 amide bonds. The van der Waals surface area contributed by atoms with Crippen LogP contribution in [0, 0.1) is 0 Å². The maximum absolute atomic E-state index is 12.0. The van der Waals surface area contributed by atoms with E-state index in [0.717, 1.165) is 5.52 Å². The molecular weight excluding hydrogens is 260 g/mol. The highest BCUT2D eigenvalue weighted by atomic mass is 32.1. The van der Waals surface area contributed by atoms with Gasteiger partial charge in [-0.2, -0.15) is 4.99 Å². The number of benzene rings is 1. The van der Waals surface area contributed by atoms with Gasteiger partial charge in [-0.1, -0.05) is 12.1 Å². The quantitative estimate of drug-likeness (QED) is 0.677. The fourth-order valence-electron chi connectivity index (χ4n) is 1.64. The van der Waals surface area contributed by atoms with Gasteiger partial charge in [0.15, 0.2) is 4.80 Å². The first-order chi connectivity index (χ1) is 9.24.